The maximum Gasteiger partial charge on any atom is 0.110 e. The van der Waals surface area contributed by atoms with Crippen molar-refractivity contribution >= 4 is 11.0 Å². The Balaban J connectivity index is 2.68. The second-order valence-electron chi connectivity index (χ2n) is 3.57. The third-order valence-electron chi connectivity index (χ3n) is 2.56. The summed E-state index contributed by atoms with van der Waals surface area (Å²) in [7, 11) is 2.05. The summed E-state index contributed by atoms with van der Waals surface area (Å²) >= 11 is 0. The fraction of sp³-hybridized carbons (Fsp3) is 0.364. The number of nitrogens with zero attached hydrogens (tertiary/aromatic N) is 2. The van der Waals surface area contributed by atoms with E-state index in [1.54, 1.807) is 0 Å². The van der Waals surface area contributed by atoms with Crippen LogP contribution in [0.25, 0.3) is 11.0 Å². The van der Waals surface area contributed by atoms with Crippen molar-refractivity contribution in [3.05, 3.63) is 29.6 Å². The predicted molar refractivity (Wildman–Crippen MR) is 58.2 cm³/mol. The molecule has 0 atom stereocenters. The number of imidazole rings is 1. The van der Waals surface area contributed by atoms with Crippen LogP contribution in [0.2, 0.25) is 0 Å². The lowest BCUT2D eigenvalue weighted by Crippen LogP contribution is -2.07. The smallest absolute Gasteiger partial charge is 0.110 e. The van der Waals surface area contributed by atoms with Crippen LogP contribution < -0.4 is 5.73 Å². The van der Waals surface area contributed by atoms with Crippen LogP contribution >= 0.6 is 0 Å². The Morgan fingerprint density at radius 3 is 2.86 bits per heavy atom. The first-order chi connectivity index (χ1) is 6.74. The molecule has 1 heterocycles. The number of benzene rings is 1. The van der Waals surface area contributed by atoms with Crippen LogP contribution in [-0.4, -0.2) is 16.1 Å². The molecule has 1 aromatic carbocycles. The average molecular weight is 189 g/mol. The Hall–Kier alpha value is -1.35. The molecular formula is C11H15N3. The van der Waals surface area contributed by atoms with Crippen LogP contribution in [0, 0.1) is 6.92 Å². The normalized spacial score (nSPS) is 11.1. The second kappa shape index (κ2) is 3.42. The molecule has 1 aromatic heterocycles. The Kier molecular flexibility index (Phi) is 2.25. The number of hydrogen-bond acceptors (Lipinski definition) is 2. The van der Waals surface area contributed by atoms with Gasteiger partial charge >= 0.3 is 0 Å². The van der Waals surface area contributed by atoms with Gasteiger partial charge in [0.15, 0.2) is 0 Å². The first kappa shape index (κ1) is 9.21. The summed E-state index contributed by atoms with van der Waals surface area (Å²) in [5.41, 5.74) is 9.08. The van der Waals surface area contributed by atoms with Crippen LogP contribution in [-0.2, 0) is 13.5 Å². The molecule has 0 saturated carbocycles. The first-order valence-corrected chi connectivity index (χ1v) is 4.85. The van der Waals surface area contributed by atoms with E-state index >= 15 is 0 Å². The molecular weight excluding hydrogens is 174 g/mol. The zero-order valence-corrected chi connectivity index (χ0v) is 8.62. The first-order valence-electron chi connectivity index (χ1n) is 4.85. The summed E-state index contributed by atoms with van der Waals surface area (Å²) in [6.07, 6.45) is 0.838. The lowest BCUT2D eigenvalue weighted by molar-refractivity contribution is 0.793. The molecule has 74 valence electrons. The van der Waals surface area contributed by atoms with E-state index in [4.69, 9.17) is 5.73 Å². The van der Waals surface area contributed by atoms with Crippen molar-refractivity contribution in [3.8, 4) is 0 Å². The maximum absolute atomic E-state index is 5.54. The minimum absolute atomic E-state index is 0.649. The molecule has 0 saturated heterocycles. The largest absolute Gasteiger partial charge is 0.331 e. The quantitative estimate of drug-likeness (QED) is 0.775. The van der Waals surface area contributed by atoms with Crippen LogP contribution in [0.5, 0.6) is 0 Å². The molecule has 2 aromatic rings. The highest BCUT2D eigenvalue weighted by atomic mass is 15.1. The van der Waals surface area contributed by atoms with Crippen LogP contribution in [0.3, 0.4) is 0 Å². The van der Waals surface area contributed by atoms with Gasteiger partial charge in [-0.3, -0.25) is 0 Å². The fourth-order valence-electron chi connectivity index (χ4n) is 1.87. The summed E-state index contributed by atoms with van der Waals surface area (Å²) in [6, 6.07) is 6.19. The average Bonchev–Trinajstić information content (AvgIpc) is 2.46. The Bertz CT molecular complexity index is 457. The lowest BCUT2D eigenvalue weighted by atomic mass is 10.2. The van der Waals surface area contributed by atoms with E-state index in [1.165, 1.54) is 11.1 Å². The van der Waals surface area contributed by atoms with Crippen LogP contribution in [0.4, 0.5) is 0 Å². The highest BCUT2D eigenvalue weighted by Crippen LogP contribution is 2.18. The molecule has 0 aliphatic carbocycles. The van der Waals surface area contributed by atoms with Crippen LogP contribution in [0.1, 0.15) is 11.4 Å². The van der Waals surface area contributed by atoms with E-state index < -0.39 is 0 Å². The summed E-state index contributed by atoms with van der Waals surface area (Å²) in [6.45, 7) is 2.76. The van der Waals surface area contributed by atoms with E-state index in [2.05, 4.69) is 22.5 Å². The maximum atomic E-state index is 5.54. The van der Waals surface area contributed by atoms with E-state index in [1.807, 2.05) is 19.2 Å². The highest BCUT2D eigenvalue weighted by molar-refractivity contribution is 5.79. The molecule has 2 rings (SSSR count). The van der Waals surface area contributed by atoms with Gasteiger partial charge in [0, 0.05) is 13.5 Å². The van der Waals surface area contributed by atoms with Gasteiger partial charge in [0.25, 0.3) is 0 Å². The Morgan fingerprint density at radius 1 is 1.43 bits per heavy atom. The lowest BCUT2D eigenvalue weighted by Gasteiger charge is -2.01. The van der Waals surface area contributed by atoms with Gasteiger partial charge in [-0.1, -0.05) is 12.1 Å². The van der Waals surface area contributed by atoms with E-state index in [-0.39, 0.29) is 0 Å². The molecule has 0 spiro atoms. The van der Waals surface area contributed by atoms with Crippen molar-refractivity contribution in [1.29, 1.82) is 0 Å². The minimum Gasteiger partial charge on any atom is -0.331 e. The number of aryl methyl sites for hydroxylation is 2. The molecule has 0 aliphatic heterocycles. The van der Waals surface area contributed by atoms with Crippen molar-refractivity contribution in [3.63, 3.8) is 0 Å². The van der Waals surface area contributed by atoms with Gasteiger partial charge in [-0.25, -0.2) is 4.98 Å². The van der Waals surface area contributed by atoms with E-state index in [0.717, 1.165) is 17.8 Å². The van der Waals surface area contributed by atoms with Gasteiger partial charge in [0.05, 0.1) is 11.0 Å². The second-order valence-corrected chi connectivity index (χ2v) is 3.57. The molecule has 0 fully saturated rings. The molecule has 3 nitrogen and oxygen atoms in total. The Labute approximate surface area is 83.6 Å². The summed E-state index contributed by atoms with van der Waals surface area (Å²) in [5.74, 6) is 1.07. The highest BCUT2D eigenvalue weighted by Gasteiger charge is 2.07. The number of nitrogens with two attached hydrogens (primary N) is 1. The summed E-state index contributed by atoms with van der Waals surface area (Å²) in [4.78, 5) is 4.55. The topological polar surface area (TPSA) is 43.8 Å². The minimum atomic E-state index is 0.649. The molecule has 3 heteroatoms. The molecule has 2 N–H and O–H groups in total. The zero-order valence-electron chi connectivity index (χ0n) is 8.62. The van der Waals surface area contributed by atoms with E-state index in [9.17, 15) is 0 Å². The zero-order chi connectivity index (χ0) is 10.1. The van der Waals surface area contributed by atoms with Crippen molar-refractivity contribution in [2.24, 2.45) is 12.8 Å². The molecule has 0 unspecified atom stereocenters. The molecule has 0 radical (unpaired) electrons. The van der Waals surface area contributed by atoms with Crippen LogP contribution in [0.15, 0.2) is 18.2 Å². The van der Waals surface area contributed by atoms with Crippen molar-refractivity contribution in [1.82, 2.24) is 9.55 Å². The van der Waals surface area contributed by atoms with Gasteiger partial charge in [0.1, 0.15) is 5.82 Å². The third kappa shape index (κ3) is 1.30. The number of para-hydroxylation sites is 1. The van der Waals surface area contributed by atoms with Gasteiger partial charge in [0.2, 0.25) is 0 Å². The fourth-order valence-corrected chi connectivity index (χ4v) is 1.87. The van der Waals surface area contributed by atoms with E-state index in [0.29, 0.717) is 6.54 Å². The summed E-state index contributed by atoms with van der Waals surface area (Å²) < 4.78 is 2.14. The molecule has 14 heavy (non-hydrogen) atoms. The van der Waals surface area contributed by atoms with Gasteiger partial charge in [-0.05, 0) is 25.1 Å². The predicted octanol–water partition coefficient (Wildman–Crippen LogP) is 1.38. The standard InChI is InChI=1S/C11H15N3/c1-8-4-3-5-9-11(8)14(2)10(13-9)6-7-12/h3-5H,6-7,12H2,1-2H3. The third-order valence-corrected chi connectivity index (χ3v) is 2.56. The molecule has 0 aliphatic rings. The van der Waals surface area contributed by atoms with Crippen molar-refractivity contribution in [2.75, 3.05) is 6.54 Å². The van der Waals surface area contributed by atoms with Gasteiger partial charge in [-0.2, -0.15) is 0 Å². The number of fused-ring (bicyclic) bond motifs is 1. The monoisotopic (exact) mass is 189 g/mol. The SMILES string of the molecule is Cc1cccc2nc(CCN)n(C)c12. The molecule has 0 amide bonds. The van der Waals surface area contributed by atoms with Gasteiger partial charge in [-0.15, -0.1) is 0 Å². The molecule has 0 bridgehead atoms. The summed E-state index contributed by atoms with van der Waals surface area (Å²) in [5, 5.41) is 0. The van der Waals surface area contributed by atoms with Gasteiger partial charge < -0.3 is 10.3 Å². The number of aromatic nitrogens is 2. The van der Waals surface area contributed by atoms with Crippen molar-refractivity contribution < 1.29 is 0 Å². The number of hydrogen-bond donors (Lipinski definition) is 1. The number of rotatable bonds is 2. The Morgan fingerprint density at radius 2 is 2.21 bits per heavy atom. The van der Waals surface area contributed by atoms with Crippen molar-refractivity contribution in [2.45, 2.75) is 13.3 Å².